The molecule has 34 heavy (non-hydrogen) atoms. The van der Waals surface area contributed by atoms with Crippen molar-refractivity contribution in [2.24, 2.45) is 0 Å². The second-order valence-electron chi connectivity index (χ2n) is 7.64. The van der Waals surface area contributed by atoms with Crippen molar-refractivity contribution < 1.29 is 19.1 Å². The van der Waals surface area contributed by atoms with Crippen molar-refractivity contribution in [2.75, 3.05) is 26.2 Å². The molecule has 0 saturated carbocycles. The first-order chi connectivity index (χ1) is 16.5. The van der Waals surface area contributed by atoms with Crippen molar-refractivity contribution in [2.45, 2.75) is 13.1 Å². The third-order valence-corrected chi connectivity index (χ3v) is 5.60. The number of nitrogens with one attached hydrogen (secondary N) is 1. The highest BCUT2D eigenvalue weighted by Gasteiger charge is 2.18. The van der Waals surface area contributed by atoms with Crippen LogP contribution in [0.5, 0.6) is 11.5 Å². The lowest BCUT2D eigenvalue weighted by Crippen LogP contribution is -2.31. The number of aromatic nitrogens is 2. The number of nitrogens with zero attached hydrogens (tertiary/aromatic N) is 3. The summed E-state index contributed by atoms with van der Waals surface area (Å²) in [5, 5.41) is 2.90. The molecule has 8 nitrogen and oxygen atoms in total. The quantitative estimate of drug-likeness (QED) is 0.436. The molecule has 2 amide bonds. The highest BCUT2D eigenvalue weighted by molar-refractivity contribution is 5.95. The van der Waals surface area contributed by atoms with E-state index in [2.05, 4.69) is 10.3 Å². The van der Waals surface area contributed by atoms with E-state index < -0.39 is 0 Å². The van der Waals surface area contributed by atoms with E-state index in [1.165, 1.54) is 7.11 Å². The zero-order valence-corrected chi connectivity index (χ0v) is 19.3. The van der Waals surface area contributed by atoms with E-state index in [4.69, 9.17) is 9.47 Å². The average Bonchev–Trinajstić information content (AvgIpc) is 3.23. The standard InChI is InChI=1S/C26H26N4O4/c1-29(19-9-5-4-6-10-19)25(31)17-30-21-12-8-7-11-20(21)28-24(30)16-27-26(32)18-13-14-22(33-2)23(15-18)34-3/h4-15H,16-17H2,1-3H3,(H,27,32). The molecule has 0 spiro atoms. The van der Waals surface area contributed by atoms with Crippen LogP contribution in [-0.2, 0) is 17.9 Å². The second kappa shape index (κ2) is 10.1. The van der Waals surface area contributed by atoms with Crippen LogP contribution in [0, 0.1) is 0 Å². The number of carbonyl (C=O) groups excluding carboxylic acids is 2. The summed E-state index contributed by atoms with van der Waals surface area (Å²) < 4.78 is 12.4. The van der Waals surface area contributed by atoms with Crippen molar-refractivity contribution in [1.29, 1.82) is 0 Å². The van der Waals surface area contributed by atoms with E-state index in [0.717, 1.165) is 16.7 Å². The van der Waals surface area contributed by atoms with E-state index >= 15 is 0 Å². The first kappa shape index (κ1) is 22.8. The predicted octanol–water partition coefficient (Wildman–Crippen LogP) is 3.65. The molecule has 4 aromatic rings. The van der Waals surface area contributed by atoms with Gasteiger partial charge in [-0.05, 0) is 42.5 Å². The van der Waals surface area contributed by atoms with E-state index in [-0.39, 0.29) is 24.9 Å². The van der Waals surface area contributed by atoms with E-state index in [1.807, 2.05) is 59.2 Å². The average molecular weight is 459 g/mol. The molecule has 4 rings (SSSR count). The lowest BCUT2D eigenvalue weighted by molar-refractivity contribution is -0.118. The Morgan fingerprint density at radius 3 is 2.38 bits per heavy atom. The highest BCUT2D eigenvalue weighted by atomic mass is 16.5. The van der Waals surface area contributed by atoms with Crippen molar-refractivity contribution in [3.8, 4) is 11.5 Å². The number of hydrogen-bond acceptors (Lipinski definition) is 5. The van der Waals surface area contributed by atoms with Crippen molar-refractivity contribution >= 4 is 28.5 Å². The summed E-state index contributed by atoms with van der Waals surface area (Å²) in [6.07, 6.45) is 0. The van der Waals surface area contributed by atoms with Gasteiger partial charge in [0.25, 0.3) is 5.91 Å². The van der Waals surface area contributed by atoms with E-state index in [0.29, 0.717) is 22.9 Å². The van der Waals surface area contributed by atoms with Crippen LogP contribution in [0.3, 0.4) is 0 Å². The SMILES string of the molecule is COc1ccc(C(=O)NCc2nc3ccccc3n2CC(=O)N(C)c2ccccc2)cc1OC. The topological polar surface area (TPSA) is 85.7 Å². The maximum atomic E-state index is 13.1. The third kappa shape index (κ3) is 4.71. The normalized spacial score (nSPS) is 10.7. The zero-order valence-electron chi connectivity index (χ0n) is 19.3. The Hall–Kier alpha value is -4.33. The molecule has 0 radical (unpaired) electrons. The molecule has 8 heteroatoms. The first-order valence-electron chi connectivity index (χ1n) is 10.8. The van der Waals surface area contributed by atoms with Gasteiger partial charge in [0.05, 0.1) is 31.8 Å². The van der Waals surface area contributed by atoms with Crippen molar-refractivity contribution in [3.63, 3.8) is 0 Å². The highest BCUT2D eigenvalue weighted by Crippen LogP contribution is 2.27. The minimum absolute atomic E-state index is 0.0907. The number of hydrogen-bond donors (Lipinski definition) is 1. The first-order valence-corrected chi connectivity index (χ1v) is 10.8. The Bertz CT molecular complexity index is 1320. The van der Waals surface area contributed by atoms with Gasteiger partial charge in [0, 0.05) is 18.3 Å². The van der Waals surface area contributed by atoms with Gasteiger partial charge in [-0.1, -0.05) is 30.3 Å². The largest absolute Gasteiger partial charge is 0.493 e. The number of amides is 2. The molecule has 0 saturated heterocycles. The zero-order chi connectivity index (χ0) is 24.1. The van der Waals surface area contributed by atoms with Gasteiger partial charge in [-0.3, -0.25) is 9.59 Å². The van der Waals surface area contributed by atoms with Crippen LogP contribution in [0.4, 0.5) is 5.69 Å². The van der Waals surface area contributed by atoms with Crippen LogP contribution < -0.4 is 19.7 Å². The van der Waals surface area contributed by atoms with Gasteiger partial charge >= 0.3 is 0 Å². The minimum atomic E-state index is -0.285. The second-order valence-corrected chi connectivity index (χ2v) is 7.64. The lowest BCUT2D eigenvalue weighted by atomic mass is 10.2. The summed E-state index contributed by atoms with van der Waals surface area (Å²) >= 11 is 0. The lowest BCUT2D eigenvalue weighted by Gasteiger charge is -2.19. The number of ether oxygens (including phenoxy) is 2. The molecule has 3 aromatic carbocycles. The molecule has 174 valence electrons. The van der Waals surface area contributed by atoms with Crippen LogP contribution in [0.1, 0.15) is 16.2 Å². The van der Waals surface area contributed by atoms with E-state index in [9.17, 15) is 9.59 Å². The monoisotopic (exact) mass is 458 g/mol. The molecule has 1 aromatic heterocycles. The smallest absolute Gasteiger partial charge is 0.251 e. The summed E-state index contributed by atoms with van der Waals surface area (Å²) in [5.74, 6) is 1.22. The van der Waals surface area contributed by atoms with Gasteiger partial charge in [-0.2, -0.15) is 0 Å². The van der Waals surface area contributed by atoms with Crippen LogP contribution >= 0.6 is 0 Å². The van der Waals surface area contributed by atoms with Gasteiger partial charge in [-0.15, -0.1) is 0 Å². The van der Waals surface area contributed by atoms with Gasteiger partial charge in [0.1, 0.15) is 12.4 Å². The Morgan fingerprint density at radius 2 is 1.65 bits per heavy atom. The number of benzene rings is 3. The molecule has 1 heterocycles. The van der Waals surface area contributed by atoms with Crippen molar-refractivity contribution in [3.05, 3.63) is 84.2 Å². The number of likely N-dealkylation sites (N-methyl/N-ethyl adjacent to an activating group) is 1. The maximum absolute atomic E-state index is 13.1. The van der Waals surface area contributed by atoms with E-state index in [1.54, 1.807) is 37.3 Å². The Labute approximate surface area is 197 Å². The number of carbonyl (C=O) groups is 2. The van der Waals surface area contributed by atoms with Crippen LogP contribution in [0.2, 0.25) is 0 Å². The van der Waals surface area contributed by atoms with Gasteiger partial charge in [0.2, 0.25) is 5.91 Å². The molecule has 0 atom stereocenters. The Morgan fingerprint density at radius 1 is 0.941 bits per heavy atom. The number of methoxy groups -OCH3 is 2. The summed E-state index contributed by atoms with van der Waals surface area (Å²) in [7, 11) is 4.80. The third-order valence-electron chi connectivity index (χ3n) is 5.60. The van der Waals surface area contributed by atoms with Crippen molar-refractivity contribution in [1.82, 2.24) is 14.9 Å². The molecule has 0 unspecified atom stereocenters. The fourth-order valence-corrected chi connectivity index (χ4v) is 3.71. The summed E-state index contributed by atoms with van der Waals surface area (Å²) in [6.45, 7) is 0.248. The van der Waals surface area contributed by atoms with Crippen LogP contribution in [-0.4, -0.2) is 42.6 Å². The molecule has 0 aliphatic rings. The van der Waals surface area contributed by atoms with Crippen LogP contribution in [0.15, 0.2) is 72.8 Å². The fourth-order valence-electron chi connectivity index (χ4n) is 3.71. The number of anilines is 1. The summed E-state index contributed by atoms with van der Waals surface area (Å²) in [5.41, 5.74) is 2.82. The van der Waals surface area contributed by atoms with Crippen LogP contribution in [0.25, 0.3) is 11.0 Å². The fraction of sp³-hybridized carbons (Fsp3) is 0.192. The molecule has 0 bridgehead atoms. The summed E-state index contributed by atoms with van der Waals surface area (Å²) in [6, 6.07) is 22.0. The Balaban J connectivity index is 1.55. The molecular weight excluding hydrogens is 432 g/mol. The van der Waals surface area contributed by atoms with Gasteiger partial charge in [0.15, 0.2) is 11.5 Å². The van der Waals surface area contributed by atoms with Gasteiger partial charge in [-0.25, -0.2) is 4.98 Å². The molecule has 0 aliphatic heterocycles. The predicted molar refractivity (Wildman–Crippen MR) is 130 cm³/mol. The number of imidazole rings is 1. The number of fused-ring (bicyclic) bond motifs is 1. The summed E-state index contributed by atoms with van der Waals surface area (Å²) in [4.78, 5) is 32.1. The maximum Gasteiger partial charge on any atom is 0.251 e. The molecular formula is C26H26N4O4. The van der Waals surface area contributed by atoms with Gasteiger partial charge < -0.3 is 24.3 Å². The number of para-hydroxylation sites is 3. The Kier molecular flexibility index (Phi) is 6.77. The molecule has 0 aliphatic carbocycles. The number of rotatable bonds is 8. The minimum Gasteiger partial charge on any atom is -0.493 e. The molecule has 0 fully saturated rings. The molecule has 1 N–H and O–H groups in total.